The van der Waals surface area contributed by atoms with Crippen molar-refractivity contribution in [3.63, 3.8) is 0 Å². The molecule has 4 fully saturated rings. The van der Waals surface area contributed by atoms with Crippen molar-refractivity contribution in [1.82, 2.24) is 15.0 Å². The van der Waals surface area contributed by atoms with Crippen LogP contribution in [0.25, 0.3) is 0 Å². The summed E-state index contributed by atoms with van der Waals surface area (Å²) in [6, 6.07) is 0. The van der Waals surface area contributed by atoms with Gasteiger partial charge in [-0.3, -0.25) is 9.59 Å². The largest absolute Gasteiger partial charge is 0.458 e. The highest BCUT2D eigenvalue weighted by Gasteiger charge is 2.75. The topological polar surface area (TPSA) is 141 Å². The Balaban J connectivity index is 1.69. The van der Waals surface area contributed by atoms with Gasteiger partial charge in [-0.1, -0.05) is 56.7 Å². The molecule has 10 atom stereocenters. The van der Waals surface area contributed by atoms with Crippen LogP contribution in [0.15, 0.2) is 41.1 Å². The number of hydrogen-bond donors (Lipinski definition) is 3. The van der Waals surface area contributed by atoms with Crippen molar-refractivity contribution in [2.75, 3.05) is 0 Å². The third kappa shape index (κ3) is 4.59. The molecule has 9 heteroatoms. The summed E-state index contributed by atoms with van der Waals surface area (Å²) in [5.41, 5.74) is 7.45. The molecule has 0 bridgehead atoms. The van der Waals surface area contributed by atoms with Crippen molar-refractivity contribution in [3.05, 3.63) is 46.8 Å². The summed E-state index contributed by atoms with van der Waals surface area (Å²) in [5, 5.41) is 32.6. The minimum Gasteiger partial charge on any atom is -0.458 e. The fourth-order valence-electron chi connectivity index (χ4n) is 10.7. The van der Waals surface area contributed by atoms with Crippen LogP contribution in [0.5, 0.6) is 0 Å². The van der Waals surface area contributed by atoms with E-state index in [2.05, 4.69) is 38.0 Å². The van der Waals surface area contributed by atoms with Crippen molar-refractivity contribution in [1.29, 1.82) is 0 Å². The fourth-order valence-corrected chi connectivity index (χ4v) is 10.7. The molecule has 1 aromatic rings. The van der Waals surface area contributed by atoms with Crippen LogP contribution >= 0.6 is 0 Å². The van der Waals surface area contributed by atoms with Crippen LogP contribution in [-0.2, 0) is 26.4 Å². The highest BCUT2D eigenvalue weighted by Crippen LogP contribution is 2.76. The molecule has 0 spiro atoms. The molecule has 242 valence electrons. The lowest BCUT2D eigenvalue weighted by molar-refractivity contribution is -0.264. The Kier molecular flexibility index (Phi) is 8.43. The molecule has 1 aromatic heterocycles. The second-order valence-corrected chi connectivity index (χ2v) is 15.1. The number of nitrogens with zero attached hydrogens (tertiary/aromatic N) is 3. The highest BCUT2D eigenvalue weighted by atomic mass is 16.5. The van der Waals surface area contributed by atoms with E-state index in [1.807, 2.05) is 43.0 Å². The van der Waals surface area contributed by atoms with E-state index in [0.717, 1.165) is 30.4 Å². The van der Waals surface area contributed by atoms with E-state index in [4.69, 9.17) is 10.5 Å². The maximum Gasteiger partial charge on any atom is 0.303 e. The number of allylic oxidation sites excluding steroid dienone is 5. The predicted octanol–water partition coefficient (Wildman–Crippen LogP) is 4.78. The molecular formula is C35H52N4O5. The smallest absolute Gasteiger partial charge is 0.303 e. The van der Waals surface area contributed by atoms with Gasteiger partial charge < -0.3 is 20.7 Å². The molecule has 4 saturated carbocycles. The molecule has 0 aliphatic heterocycles. The summed E-state index contributed by atoms with van der Waals surface area (Å²) in [6.45, 7) is 16.3. The standard InChI is InChI=1S/C35H52N4O5/c1-20(2)10-9-11-25(22(4)40)30-26-16-28(43)31-32(6,34(26,8)17-29(30)44-23(5)41)14-15-35(39-19-24(18-36)37-38-39)21(3)27(42)12-13-33(31,35)7/h9-11,19,21,26-29,31,42-43H,12-18,36H2,1-8H3/b11-9+,30-25-/t21-,26+,27-,28-,29+,31-,32+,33-,34+,35-/m1/s1. The maximum absolute atomic E-state index is 13.2. The number of ketones is 1. The van der Waals surface area contributed by atoms with Crippen LogP contribution in [0, 0.1) is 34.0 Å². The number of aromatic nitrogens is 3. The van der Waals surface area contributed by atoms with Gasteiger partial charge >= 0.3 is 5.97 Å². The summed E-state index contributed by atoms with van der Waals surface area (Å²) in [6.07, 6.45) is 9.85. The number of esters is 1. The Bertz CT molecular complexity index is 1410. The zero-order chi connectivity index (χ0) is 32.4. The van der Waals surface area contributed by atoms with Gasteiger partial charge in [-0.05, 0) is 93.0 Å². The van der Waals surface area contributed by atoms with Gasteiger partial charge in [0.05, 0.1) is 29.6 Å². The minimum absolute atomic E-state index is 0.0758. The highest BCUT2D eigenvalue weighted by molar-refractivity contribution is 5.97. The minimum atomic E-state index is -0.677. The molecule has 0 unspecified atom stereocenters. The molecule has 0 saturated heterocycles. The Morgan fingerprint density at radius 1 is 1.07 bits per heavy atom. The summed E-state index contributed by atoms with van der Waals surface area (Å²) < 4.78 is 7.98. The van der Waals surface area contributed by atoms with Gasteiger partial charge in [0.15, 0.2) is 5.78 Å². The van der Waals surface area contributed by atoms with Gasteiger partial charge in [0.25, 0.3) is 0 Å². The average Bonchev–Trinajstić information content (AvgIpc) is 3.52. The Hall–Kier alpha value is -2.62. The Morgan fingerprint density at radius 2 is 1.77 bits per heavy atom. The van der Waals surface area contributed by atoms with Crippen LogP contribution < -0.4 is 5.73 Å². The van der Waals surface area contributed by atoms with E-state index < -0.39 is 29.3 Å². The van der Waals surface area contributed by atoms with Crippen LogP contribution in [0.3, 0.4) is 0 Å². The van der Waals surface area contributed by atoms with Crippen LogP contribution in [0.4, 0.5) is 0 Å². The van der Waals surface area contributed by atoms with Gasteiger partial charge in [-0.2, -0.15) is 0 Å². The number of fused-ring (bicyclic) bond motifs is 5. The van der Waals surface area contributed by atoms with E-state index in [-0.39, 0.29) is 46.9 Å². The number of carbonyl (C=O) groups is 2. The van der Waals surface area contributed by atoms with Gasteiger partial charge in [-0.25, -0.2) is 4.68 Å². The number of carbonyl (C=O) groups excluding carboxylic acids is 2. The SMILES string of the molecule is CC(=O)O[C@H]1C[C@@]2(C)[C@@H](C[C@@H](O)[C@@H]3[C@]2(C)CC[C@@]2(n4cc(CN)nn4)[C@H](C)[C@H](O)CC[C@]32C)/C1=C(\C=C\C=C(C)C)C(C)=O. The van der Waals surface area contributed by atoms with E-state index >= 15 is 0 Å². The van der Waals surface area contributed by atoms with Gasteiger partial charge in [0, 0.05) is 25.0 Å². The zero-order valence-electron chi connectivity index (χ0n) is 27.8. The van der Waals surface area contributed by atoms with E-state index in [9.17, 15) is 19.8 Å². The number of aliphatic hydroxyl groups is 2. The number of nitrogens with two attached hydrogens (primary N) is 1. The summed E-state index contributed by atoms with van der Waals surface area (Å²) in [7, 11) is 0. The first kappa shape index (κ1) is 32.8. The van der Waals surface area contributed by atoms with Crippen molar-refractivity contribution < 1.29 is 24.5 Å². The molecule has 4 N–H and O–H groups in total. The lowest BCUT2D eigenvalue weighted by Gasteiger charge is -2.72. The monoisotopic (exact) mass is 608 g/mol. The van der Waals surface area contributed by atoms with Crippen LogP contribution in [0.1, 0.15) is 99.6 Å². The van der Waals surface area contributed by atoms with Gasteiger partial charge in [-0.15, -0.1) is 5.10 Å². The molecule has 4 aliphatic rings. The first-order valence-electron chi connectivity index (χ1n) is 16.3. The number of aliphatic hydroxyl groups excluding tert-OH is 2. The number of hydrogen-bond acceptors (Lipinski definition) is 8. The van der Waals surface area contributed by atoms with Gasteiger partial charge in [0.1, 0.15) is 6.10 Å². The first-order chi connectivity index (χ1) is 20.6. The summed E-state index contributed by atoms with van der Waals surface area (Å²) >= 11 is 0. The Morgan fingerprint density at radius 3 is 2.36 bits per heavy atom. The van der Waals surface area contributed by atoms with Crippen LogP contribution in [0.2, 0.25) is 0 Å². The molecule has 1 heterocycles. The van der Waals surface area contributed by atoms with E-state index in [1.54, 1.807) is 6.92 Å². The Labute approximate surface area is 262 Å². The summed E-state index contributed by atoms with van der Waals surface area (Å²) in [5.74, 6) is -0.845. The van der Waals surface area contributed by atoms with Crippen molar-refractivity contribution >= 4 is 11.8 Å². The number of rotatable bonds is 6. The lowest BCUT2D eigenvalue weighted by atomic mass is 9.34. The van der Waals surface area contributed by atoms with Crippen molar-refractivity contribution in [2.45, 2.75) is 124 Å². The fraction of sp³-hybridized carbons (Fsp3) is 0.714. The maximum atomic E-state index is 13.2. The van der Waals surface area contributed by atoms with Crippen LogP contribution in [-0.4, -0.2) is 55.3 Å². The predicted molar refractivity (Wildman–Crippen MR) is 168 cm³/mol. The molecule has 5 rings (SSSR count). The second-order valence-electron chi connectivity index (χ2n) is 15.1. The van der Waals surface area contributed by atoms with Gasteiger partial charge in [0.2, 0.25) is 0 Å². The molecule has 0 radical (unpaired) electrons. The second kappa shape index (κ2) is 11.3. The molecule has 0 aromatic carbocycles. The summed E-state index contributed by atoms with van der Waals surface area (Å²) in [4.78, 5) is 25.7. The zero-order valence-corrected chi connectivity index (χ0v) is 27.8. The molecule has 0 amide bonds. The first-order valence-corrected chi connectivity index (χ1v) is 16.3. The average molecular weight is 609 g/mol. The van der Waals surface area contributed by atoms with Crippen molar-refractivity contribution in [2.24, 2.45) is 39.7 Å². The third-order valence-electron chi connectivity index (χ3n) is 12.8. The van der Waals surface area contributed by atoms with E-state index in [0.29, 0.717) is 30.5 Å². The quantitative estimate of drug-likeness (QED) is 0.238. The number of ether oxygens (including phenoxy) is 1. The normalized spacial score (nSPS) is 42.7. The third-order valence-corrected chi connectivity index (χ3v) is 12.8. The van der Waals surface area contributed by atoms with Crippen molar-refractivity contribution in [3.8, 4) is 0 Å². The molecule has 4 aliphatic carbocycles. The molecular weight excluding hydrogens is 556 g/mol. The van der Waals surface area contributed by atoms with E-state index in [1.165, 1.54) is 6.92 Å². The molecule has 9 nitrogen and oxygen atoms in total. The molecule has 44 heavy (non-hydrogen) atoms. The lowest BCUT2D eigenvalue weighted by Crippen LogP contribution is -2.72. The number of Topliss-reactive ketones (excluding diaryl/α,β-unsaturated/α-hetero) is 1.